The lowest BCUT2D eigenvalue weighted by molar-refractivity contribution is 0.239. The molecule has 0 saturated heterocycles. The third kappa shape index (κ3) is 2.83. The van der Waals surface area contributed by atoms with Gasteiger partial charge in [-0.25, -0.2) is 4.98 Å². The highest BCUT2D eigenvalue weighted by Crippen LogP contribution is 2.36. The summed E-state index contributed by atoms with van der Waals surface area (Å²) in [5, 5.41) is 10.6. The van der Waals surface area contributed by atoms with Crippen LogP contribution >= 0.6 is 11.3 Å². The fraction of sp³-hybridized carbons (Fsp3) is 0.769. The van der Waals surface area contributed by atoms with E-state index in [-0.39, 0.29) is 17.9 Å². The number of aryl methyl sites for hydroxylation is 1. The van der Waals surface area contributed by atoms with Gasteiger partial charge in [0.2, 0.25) is 0 Å². The molecule has 0 bridgehead atoms. The second-order valence-electron chi connectivity index (χ2n) is 5.75. The van der Waals surface area contributed by atoms with Crippen LogP contribution in [-0.2, 0) is 5.41 Å². The average Bonchev–Trinajstić information content (AvgIpc) is 2.48. The van der Waals surface area contributed by atoms with E-state index >= 15 is 0 Å². The first kappa shape index (κ1) is 13.7. The maximum absolute atomic E-state index is 9.47. The molecule has 1 heterocycles. The van der Waals surface area contributed by atoms with Crippen LogP contribution in [-0.4, -0.2) is 16.7 Å². The van der Waals surface area contributed by atoms with Gasteiger partial charge in [0.25, 0.3) is 0 Å². The summed E-state index contributed by atoms with van der Waals surface area (Å²) < 4.78 is 0. The molecule has 0 aromatic carbocycles. The van der Waals surface area contributed by atoms with Gasteiger partial charge in [0.15, 0.2) is 0 Å². The summed E-state index contributed by atoms with van der Waals surface area (Å²) >= 11 is 1.76. The predicted octanol–water partition coefficient (Wildman–Crippen LogP) is 3.48. The van der Waals surface area contributed by atoms with E-state index in [2.05, 4.69) is 39.6 Å². The van der Waals surface area contributed by atoms with Crippen LogP contribution in [0.5, 0.6) is 0 Å². The lowest BCUT2D eigenvalue weighted by Gasteiger charge is -2.17. The molecular weight excluding hydrogens is 218 g/mol. The summed E-state index contributed by atoms with van der Waals surface area (Å²) in [6.07, 6.45) is 0. The minimum atomic E-state index is 0.102. The monoisotopic (exact) mass is 241 g/mol. The van der Waals surface area contributed by atoms with Crippen molar-refractivity contribution in [2.45, 2.75) is 52.9 Å². The van der Waals surface area contributed by atoms with Crippen LogP contribution in [0.4, 0.5) is 0 Å². The molecule has 0 spiro atoms. The molecule has 2 nitrogen and oxygen atoms in total. The normalized spacial score (nSPS) is 14.5. The molecule has 1 aromatic rings. The highest BCUT2D eigenvalue weighted by molar-refractivity contribution is 7.12. The minimum Gasteiger partial charge on any atom is -0.396 e. The first-order chi connectivity index (χ1) is 7.27. The van der Waals surface area contributed by atoms with Gasteiger partial charge < -0.3 is 5.11 Å². The number of hydrogen-bond acceptors (Lipinski definition) is 3. The first-order valence-corrected chi connectivity index (χ1v) is 6.67. The second kappa shape index (κ2) is 4.84. The molecule has 3 heteroatoms. The van der Waals surface area contributed by atoms with E-state index in [9.17, 15) is 5.11 Å². The van der Waals surface area contributed by atoms with Crippen LogP contribution in [0, 0.1) is 12.8 Å². The zero-order valence-corrected chi connectivity index (χ0v) is 12.0. The molecule has 1 unspecified atom stereocenters. The van der Waals surface area contributed by atoms with Crippen molar-refractivity contribution in [2.24, 2.45) is 5.92 Å². The van der Waals surface area contributed by atoms with Crippen molar-refractivity contribution in [1.82, 2.24) is 4.98 Å². The fourth-order valence-electron chi connectivity index (χ4n) is 1.67. The number of thiazole rings is 1. The van der Waals surface area contributed by atoms with E-state index in [1.165, 1.54) is 9.88 Å². The first-order valence-electron chi connectivity index (χ1n) is 5.86. The van der Waals surface area contributed by atoms with E-state index in [1.807, 2.05) is 6.92 Å². The van der Waals surface area contributed by atoms with E-state index in [0.29, 0.717) is 5.92 Å². The van der Waals surface area contributed by atoms with Crippen LogP contribution in [0.15, 0.2) is 0 Å². The number of rotatable bonds is 3. The molecule has 92 valence electrons. The largest absolute Gasteiger partial charge is 0.396 e. The third-order valence-corrected chi connectivity index (χ3v) is 4.53. The predicted molar refractivity (Wildman–Crippen MR) is 70.2 cm³/mol. The Morgan fingerprint density at radius 1 is 1.31 bits per heavy atom. The lowest BCUT2D eigenvalue weighted by atomic mass is 9.94. The molecule has 0 saturated carbocycles. The van der Waals surface area contributed by atoms with Crippen molar-refractivity contribution < 1.29 is 5.11 Å². The summed E-state index contributed by atoms with van der Waals surface area (Å²) in [4.78, 5) is 5.89. The summed E-state index contributed by atoms with van der Waals surface area (Å²) in [6.45, 7) is 13.1. The smallest absolute Gasteiger partial charge is 0.0984 e. The van der Waals surface area contributed by atoms with Gasteiger partial charge in [0.05, 0.1) is 17.3 Å². The summed E-state index contributed by atoms with van der Waals surface area (Å²) in [5.74, 6) is 0.686. The Kier molecular flexibility index (Phi) is 4.13. The molecule has 1 aromatic heterocycles. The Bertz CT molecular complexity index is 349. The molecular formula is C13H23NOS. The van der Waals surface area contributed by atoms with Gasteiger partial charge in [-0.05, 0) is 12.8 Å². The molecule has 0 amide bonds. The quantitative estimate of drug-likeness (QED) is 0.879. The van der Waals surface area contributed by atoms with Crippen LogP contribution in [0.1, 0.15) is 56.1 Å². The molecule has 1 atom stereocenters. The molecule has 0 fully saturated rings. The number of nitrogens with zero attached hydrogens (tertiary/aromatic N) is 1. The molecule has 0 aliphatic rings. The Balaban J connectivity index is 3.11. The van der Waals surface area contributed by atoms with Crippen molar-refractivity contribution >= 4 is 11.3 Å². The lowest BCUT2D eigenvalue weighted by Crippen LogP contribution is -2.10. The van der Waals surface area contributed by atoms with Gasteiger partial charge in [-0.3, -0.25) is 0 Å². The Morgan fingerprint density at radius 3 is 2.19 bits per heavy atom. The van der Waals surface area contributed by atoms with Crippen LogP contribution in [0.2, 0.25) is 0 Å². The molecule has 1 N–H and O–H groups in total. The van der Waals surface area contributed by atoms with Crippen molar-refractivity contribution in [3.63, 3.8) is 0 Å². The fourth-order valence-corrected chi connectivity index (χ4v) is 3.06. The molecule has 0 aliphatic carbocycles. The second-order valence-corrected chi connectivity index (χ2v) is 6.78. The van der Waals surface area contributed by atoms with Gasteiger partial charge >= 0.3 is 0 Å². The summed E-state index contributed by atoms with van der Waals surface area (Å²) in [6, 6.07) is 0. The van der Waals surface area contributed by atoms with Crippen molar-refractivity contribution in [1.29, 1.82) is 0 Å². The number of aromatic nitrogens is 1. The van der Waals surface area contributed by atoms with Crippen LogP contribution < -0.4 is 0 Å². The van der Waals surface area contributed by atoms with Crippen molar-refractivity contribution in [2.75, 3.05) is 6.61 Å². The third-order valence-electron chi connectivity index (χ3n) is 2.81. The standard InChI is InChI=1S/C13H23NOS/c1-8(2)10(7-15)11-9(3)14-12(16-11)13(4,5)6/h8,10,15H,7H2,1-6H3. The highest BCUT2D eigenvalue weighted by Gasteiger charge is 2.25. The zero-order chi connectivity index (χ0) is 12.5. The minimum absolute atomic E-state index is 0.102. The van der Waals surface area contributed by atoms with Gasteiger partial charge in [0, 0.05) is 16.2 Å². The van der Waals surface area contributed by atoms with E-state index < -0.39 is 0 Å². The number of aliphatic hydroxyl groups excluding tert-OH is 1. The SMILES string of the molecule is Cc1nc(C(C)(C)C)sc1C(CO)C(C)C. The summed E-state index contributed by atoms with van der Waals surface area (Å²) in [7, 11) is 0. The molecule has 0 aliphatic heterocycles. The van der Waals surface area contributed by atoms with Crippen molar-refractivity contribution in [3.8, 4) is 0 Å². The Hall–Kier alpha value is -0.410. The maximum Gasteiger partial charge on any atom is 0.0984 e. The summed E-state index contributed by atoms with van der Waals surface area (Å²) in [5.41, 5.74) is 1.19. The van der Waals surface area contributed by atoms with Gasteiger partial charge in [-0.1, -0.05) is 34.6 Å². The maximum atomic E-state index is 9.47. The molecule has 0 radical (unpaired) electrons. The van der Waals surface area contributed by atoms with Gasteiger partial charge in [-0.2, -0.15) is 0 Å². The van der Waals surface area contributed by atoms with E-state index in [4.69, 9.17) is 0 Å². The van der Waals surface area contributed by atoms with Gasteiger partial charge in [-0.15, -0.1) is 11.3 Å². The Morgan fingerprint density at radius 2 is 1.88 bits per heavy atom. The van der Waals surface area contributed by atoms with Gasteiger partial charge in [0.1, 0.15) is 0 Å². The van der Waals surface area contributed by atoms with E-state index in [1.54, 1.807) is 11.3 Å². The van der Waals surface area contributed by atoms with Crippen LogP contribution in [0.25, 0.3) is 0 Å². The zero-order valence-electron chi connectivity index (χ0n) is 11.2. The number of aliphatic hydroxyl groups is 1. The molecule has 1 rings (SSSR count). The topological polar surface area (TPSA) is 33.1 Å². The molecule has 16 heavy (non-hydrogen) atoms. The van der Waals surface area contributed by atoms with Crippen LogP contribution in [0.3, 0.4) is 0 Å². The number of hydrogen-bond donors (Lipinski definition) is 1. The Labute approximate surface area is 103 Å². The highest BCUT2D eigenvalue weighted by atomic mass is 32.1. The van der Waals surface area contributed by atoms with Crippen molar-refractivity contribution in [3.05, 3.63) is 15.6 Å². The van der Waals surface area contributed by atoms with E-state index in [0.717, 1.165) is 5.69 Å². The average molecular weight is 241 g/mol.